The molecule has 0 nitrogen and oxygen atoms in total. The topological polar surface area (TPSA) is 0 Å². The van der Waals surface area contributed by atoms with Crippen molar-refractivity contribution >= 4 is 34.0 Å². The minimum absolute atomic E-state index is 1.26. The molecule has 0 unspecified atom stereocenters. The van der Waals surface area contributed by atoms with Gasteiger partial charge in [-0.15, -0.1) is 34.0 Å². The van der Waals surface area contributed by atoms with E-state index in [1.54, 1.807) is 0 Å². The third-order valence-corrected chi connectivity index (χ3v) is 7.54. The number of thiophene rings is 3. The third-order valence-electron chi connectivity index (χ3n) is 4.62. The fourth-order valence-electron chi connectivity index (χ4n) is 3.30. The summed E-state index contributed by atoms with van der Waals surface area (Å²) in [7, 11) is 0. The predicted molar refractivity (Wildman–Crippen MR) is 122 cm³/mol. The van der Waals surface area contributed by atoms with Gasteiger partial charge in [-0.25, -0.2) is 0 Å². The van der Waals surface area contributed by atoms with Crippen molar-refractivity contribution in [1.29, 1.82) is 0 Å². The molecular weight excluding hydrogens is 384 g/mol. The normalized spacial score (nSPS) is 11.0. The monoisotopic (exact) mass is 400 g/mol. The first-order valence-electron chi connectivity index (χ1n) is 8.75. The highest BCUT2D eigenvalue weighted by atomic mass is 32.1. The highest BCUT2D eigenvalue weighted by Gasteiger charge is 2.15. The van der Waals surface area contributed by atoms with Crippen LogP contribution in [0, 0.1) is 0 Å². The molecule has 0 saturated carbocycles. The summed E-state index contributed by atoms with van der Waals surface area (Å²) < 4.78 is 0. The summed E-state index contributed by atoms with van der Waals surface area (Å²) in [6.45, 7) is 0. The number of rotatable bonds is 4. The maximum Gasteiger partial charge on any atom is 0.0529 e. The molecule has 0 aliphatic carbocycles. The second kappa shape index (κ2) is 7.28. The van der Waals surface area contributed by atoms with Crippen LogP contribution in [-0.4, -0.2) is 0 Å². The zero-order valence-corrected chi connectivity index (χ0v) is 16.9. The first-order chi connectivity index (χ1) is 13.4. The van der Waals surface area contributed by atoms with E-state index >= 15 is 0 Å². The van der Waals surface area contributed by atoms with Crippen molar-refractivity contribution < 1.29 is 0 Å². The molecular formula is C24H16S3. The highest BCUT2D eigenvalue weighted by molar-refractivity contribution is 7.21. The fraction of sp³-hybridized carbons (Fsp3) is 0. The second-order valence-corrected chi connectivity index (χ2v) is 9.03. The molecule has 0 bridgehead atoms. The van der Waals surface area contributed by atoms with Crippen LogP contribution in [0.15, 0.2) is 95.0 Å². The first kappa shape index (κ1) is 16.7. The summed E-state index contributed by atoms with van der Waals surface area (Å²) in [4.78, 5) is 4.07. The van der Waals surface area contributed by atoms with Crippen molar-refractivity contribution in [2.75, 3.05) is 0 Å². The minimum Gasteiger partial charge on any atom is -0.143 e. The molecule has 5 aromatic rings. The van der Waals surface area contributed by atoms with E-state index in [0.29, 0.717) is 0 Å². The lowest BCUT2D eigenvalue weighted by atomic mass is 9.99. The third kappa shape index (κ3) is 3.19. The van der Waals surface area contributed by atoms with E-state index in [1.165, 1.54) is 42.4 Å². The van der Waals surface area contributed by atoms with Crippen LogP contribution in [-0.2, 0) is 0 Å². The van der Waals surface area contributed by atoms with Crippen LogP contribution in [0.1, 0.15) is 0 Å². The number of benzene rings is 2. The minimum atomic E-state index is 1.26. The summed E-state index contributed by atoms with van der Waals surface area (Å²) in [5.74, 6) is 0. The van der Waals surface area contributed by atoms with Gasteiger partial charge in [0, 0.05) is 20.9 Å². The molecule has 3 heteroatoms. The van der Waals surface area contributed by atoms with Gasteiger partial charge in [0.2, 0.25) is 0 Å². The number of hydrogen-bond donors (Lipinski definition) is 0. The molecule has 0 atom stereocenters. The van der Waals surface area contributed by atoms with Gasteiger partial charge in [0.15, 0.2) is 0 Å². The molecule has 0 N–H and O–H groups in total. The molecule has 5 rings (SSSR count). The molecule has 0 fully saturated rings. The average molecular weight is 401 g/mol. The van der Waals surface area contributed by atoms with Gasteiger partial charge in [0.05, 0.1) is 4.88 Å². The Morgan fingerprint density at radius 3 is 1.81 bits per heavy atom. The maximum atomic E-state index is 2.26. The first-order valence-corrected chi connectivity index (χ1v) is 11.4. The van der Waals surface area contributed by atoms with E-state index < -0.39 is 0 Å². The summed E-state index contributed by atoms with van der Waals surface area (Å²) in [6, 6.07) is 28.3. The van der Waals surface area contributed by atoms with Crippen molar-refractivity contribution in [3.05, 3.63) is 95.0 Å². The molecule has 0 saturated heterocycles. The zero-order valence-electron chi connectivity index (χ0n) is 14.5. The van der Waals surface area contributed by atoms with Crippen LogP contribution in [0.4, 0.5) is 0 Å². The van der Waals surface area contributed by atoms with Crippen LogP contribution in [0.2, 0.25) is 0 Å². The molecule has 0 aliphatic heterocycles. The van der Waals surface area contributed by atoms with Gasteiger partial charge in [0.1, 0.15) is 0 Å². The van der Waals surface area contributed by atoms with E-state index in [-0.39, 0.29) is 0 Å². The number of hydrogen-bond acceptors (Lipinski definition) is 3. The molecule has 3 aromatic heterocycles. The van der Waals surface area contributed by atoms with E-state index in [4.69, 9.17) is 0 Å². The summed E-state index contributed by atoms with van der Waals surface area (Å²) in [6.07, 6.45) is 0. The van der Waals surface area contributed by atoms with Crippen LogP contribution >= 0.6 is 34.0 Å². The van der Waals surface area contributed by atoms with Gasteiger partial charge >= 0.3 is 0 Å². The Bertz CT molecular complexity index is 1140. The van der Waals surface area contributed by atoms with Crippen LogP contribution in [0.3, 0.4) is 0 Å². The lowest BCUT2D eigenvalue weighted by molar-refractivity contribution is 1.61. The maximum absolute atomic E-state index is 2.26. The summed E-state index contributed by atoms with van der Waals surface area (Å²) in [5.41, 5.74) is 6.45. The predicted octanol–water partition coefficient (Wildman–Crippen LogP) is 8.54. The van der Waals surface area contributed by atoms with Crippen LogP contribution < -0.4 is 0 Å². The van der Waals surface area contributed by atoms with Crippen molar-refractivity contribution in [2.45, 2.75) is 0 Å². The molecule has 0 radical (unpaired) electrons. The van der Waals surface area contributed by atoms with E-state index in [1.807, 2.05) is 34.0 Å². The van der Waals surface area contributed by atoms with Crippen molar-refractivity contribution in [2.24, 2.45) is 0 Å². The Balaban J connectivity index is 1.54. The summed E-state index contributed by atoms with van der Waals surface area (Å²) >= 11 is 5.46. The van der Waals surface area contributed by atoms with Crippen molar-refractivity contribution in [1.82, 2.24) is 0 Å². The van der Waals surface area contributed by atoms with E-state index in [0.717, 1.165) is 0 Å². The standard InChI is InChI=1S/C24H16S3/c1-2-5-17(6-3-1)18-8-10-19(11-9-18)20-12-15-26-23(20)21-13-16-27-24(21)22-7-4-14-25-22/h1-16H. The molecule has 0 aliphatic rings. The van der Waals surface area contributed by atoms with Gasteiger partial charge in [-0.1, -0.05) is 60.7 Å². The molecule has 130 valence electrons. The average Bonchev–Trinajstić information content (AvgIpc) is 3.49. The SMILES string of the molecule is c1ccc(-c2ccc(-c3ccsc3-c3ccsc3-c3cccs3)cc2)cc1. The van der Waals surface area contributed by atoms with Crippen molar-refractivity contribution in [3.8, 4) is 42.4 Å². The van der Waals surface area contributed by atoms with Gasteiger partial charge in [-0.2, -0.15) is 0 Å². The van der Waals surface area contributed by atoms with Gasteiger partial charge < -0.3 is 0 Å². The Labute approximate surface area is 171 Å². The highest BCUT2D eigenvalue weighted by Crippen LogP contribution is 2.45. The van der Waals surface area contributed by atoms with E-state index in [2.05, 4.69) is 95.0 Å². The smallest absolute Gasteiger partial charge is 0.0529 e. The van der Waals surface area contributed by atoms with Crippen LogP contribution in [0.25, 0.3) is 42.4 Å². The largest absolute Gasteiger partial charge is 0.143 e. The molecule has 3 heterocycles. The Hall–Kier alpha value is -2.46. The molecule has 2 aromatic carbocycles. The Morgan fingerprint density at radius 2 is 1.07 bits per heavy atom. The van der Waals surface area contributed by atoms with Crippen LogP contribution in [0.5, 0.6) is 0 Å². The molecule has 0 spiro atoms. The molecule has 27 heavy (non-hydrogen) atoms. The van der Waals surface area contributed by atoms with Gasteiger partial charge in [-0.05, 0) is 51.0 Å². The van der Waals surface area contributed by atoms with Crippen molar-refractivity contribution in [3.63, 3.8) is 0 Å². The van der Waals surface area contributed by atoms with E-state index in [9.17, 15) is 0 Å². The quantitative estimate of drug-likeness (QED) is 0.283. The fourth-order valence-corrected chi connectivity index (χ4v) is 6.11. The lowest BCUT2D eigenvalue weighted by Gasteiger charge is -2.07. The Morgan fingerprint density at radius 1 is 0.407 bits per heavy atom. The van der Waals surface area contributed by atoms with Gasteiger partial charge in [-0.3, -0.25) is 0 Å². The Kier molecular flexibility index (Phi) is 4.50. The second-order valence-electron chi connectivity index (χ2n) is 6.25. The lowest BCUT2D eigenvalue weighted by Crippen LogP contribution is -1.81. The summed E-state index contributed by atoms with van der Waals surface area (Å²) in [5, 5.41) is 6.55. The van der Waals surface area contributed by atoms with Gasteiger partial charge in [0.25, 0.3) is 0 Å². The molecule has 0 amide bonds. The zero-order chi connectivity index (χ0) is 18.1.